The lowest BCUT2D eigenvalue weighted by Crippen LogP contribution is -2.48. The van der Waals surface area contributed by atoms with Crippen molar-refractivity contribution < 1.29 is 5.11 Å². The van der Waals surface area contributed by atoms with Gasteiger partial charge in [-0.3, -0.25) is 0 Å². The quantitative estimate of drug-likeness (QED) is 0.412. The summed E-state index contributed by atoms with van der Waals surface area (Å²) < 4.78 is 0. The molecule has 0 unspecified atom stereocenters. The van der Waals surface area contributed by atoms with Crippen molar-refractivity contribution in [2.45, 2.75) is 77.2 Å². The second-order valence-corrected chi connectivity index (χ2v) is 11.9. The van der Waals surface area contributed by atoms with Crippen LogP contribution in [0.1, 0.15) is 53.4 Å². The molecule has 0 saturated carbocycles. The van der Waals surface area contributed by atoms with E-state index >= 15 is 0 Å². The molecule has 0 aromatic heterocycles. The summed E-state index contributed by atoms with van der Waals surface area (Å²) in [7, 11) is -1.61. The van der Waals surface area contributed by atoms with Crippen LogP contribution in [0.4, 0.5) is 0 Å². The molecule has 0 aliphatic carbocycles. The van der Waals surface area contributed by atoms with Crippen LogP contribution in [0.25, 0.3) is 0 Å². The van der Waals surface area contributed by atoms with Crippen molar-refractivity contribution in [1.29, 1.82) is 0 Å². The van der Waals surface area contributed by atoms with Crippen LogP contribution < -0.4 is 0 Å². The fourth-order valence-corrected chi connectivity index (χ4v) is 2.93. The summed E-state index contributed by atoms with van der Waals surface area (Å²) in [5.41, 5.74) is -0.214. The fraction of sp³-hybridized carbons (Fsp3) is 0.857. The predicted molar refractivity (Wildman–Crippen MR) is 76.5 cm³/mol. The number of aliphatic hydroxyl groups excluding tert-OH is 1. The monoisotopic (exact) mass is 242 g/mol. The first-order valence-corrected chi connectivity index (χ1v) is 9.66. The zero-order chi connectivity index (χ0) is 12.8. The van der Waals surface area contributed by atoms with Gasteiger partial charge in [-0.1, -0.05) is 65.8 Å². The minimum absolute atomic E-state index is 0.214. The molecule has 0 bridgehead atoms. The van der Waals surface area contributed by atoms with Gasteiger partial charge in [0, 0.05) is 0 Å². The molecule has 2 heteroatoms. The van der Waals surface area contributed by atoms with Gasteiger partial charge in [0.1, 0.15) is 0 Å². The molecule has 0 aromatic rings. The zero-order valence-electron chi connectivity index (χ0n) is 12.0. The average molecular weight is 242 g/mol. The van der Waals surface area contributed by atoms with Crippen molar-refractivity contribution in [2.24, 2.45) is 0 Å². The molecule has 0 rings (SSSR count). The Morgan fingerprint density at radius 2 is 1.75 bits per heavy atom. The first-order valence-electron chi connectivity index (χ1n) is 6.58. The molecule has 0 fully saturated rings. The molecule has 16 heavy (non-hydrogen) atoms. The molecule has 0 heterocycles. The first kappa shape index (κ1) is 15.9. The van der Waals surface area contributed by atoms with Gasteiger partial charge in [0.2, 0.25) is 0 Å². The van der Waals surface area contributed by atoms with Crippen LogP contribution in [-0.4, -0.2) is 18.9 Å². The van der Waals surface area contributed by atoms with E-state index in [9.17, 15) is 5.11 Å². The highest BCUT2D eigenvalue weighted by Crippen LogP contribution is 2.38. The third kappa shape index (κ3) is 4.83. The Morgan fingerprint density at radius 3 is 2.19 bits per heavy atom. The Labute approximate surface area is 103 Å². The smallest absolute Gasteiger partial charge is 0.0914 e. The van der Waals surface area contributed by atoms with E-state index in [2.05, 4.69) is 46.9 Å². The SMILES string of the molecule is CCCCC/C=C/[C@H](O)[Si](C)(C)C(C)(C)C. The number of rotatable bonds is 6. The Kier molecular flexibility index (Phi) is 6.57. The van der Waals surface area contributed by atoms with Gasteiger partial charge in [0.15, 0.2) is 0 Å². The lowest BCUT2D eigenvalue weighted by Gasteiger charge is -2.39. The van der Waals surface area contributed by atoms with Gasteiger partial charge >= 0.3 is 0 Å². The normalized spacial score (nSPS) is 15.7. The number of allylic oxidation sites excluding steroid dienone is 1. The Balaban J connectivity index is 4.19. The van der Waals surface area contributed by atoms with Gasteiger partial charge in [0.05, 0.1) is 13.8 Å². The maximum Gasteiger partial charge on any atom is 0.0914 e. The maximum atomic E-state index is 10.2. The fourth-order valence-electron chi connectivity index (χ4n) is 1.42. The summed E-state index contributed by atoms with van der Waals surface area (Å²) in [6.45, 7) is 13.5. The molecule has 1 atom stereocenters. The lowest BCUT2D eigenvalue weighted by molar-refractivity contribution is 0.283. The van der Waals surface area contributed by atoms with Crippen LogP contribution >= 0.6 is 0 Å². The standard InChI is InChI=1S/C14H30OSi/c1-7-8-9-10-11-12-13(15)16(5,6)14(2,3)4/h11-13,15H,7-10H2,1-6H3/b12-11+/t13-/m1/s1. The molecular weight excluding hydrogens is 212 g/mol. The third-order valence-corrected chi connectivity index (χ3v) is 9.50. The first-order chi connectivity index (χ1) is 7.23. The second-order valence-electron chi connectivity index (χ2n) is 6.34. The lowest BCUT2D eigenvalue weighted by atomic mass is 10.2. The molecule has 1 N–H and O–H groups in total. The van der Waals surface area contributed by atoms with Gasteiger partial charge in [-0.15, -0.1) is 0 Å². The van der Waals surface area contributed by atoms with Crippen LogP contribution in [0.5, 0.6) is 0 Å². The summed E-state index contributed by atoms with van der Waals surface area (Å²) in [5.74, 6) is 0. The largest absolute Gasteiger partial charge is 0.393 e. The van der Waals surface area contributed by atoms with Crippen molar-refractivity contribution in [3.8, 4) is 0 Å². The van der Waals surface area contributed by atoms with E-state index in [1.807, 2.05) is 6.08 Å². The van der Waals surface area contributed by atoms with E-state index in [1.54, 1.807) is 0 Å². The molecular formula is C14H30OSi. The van der Waals surface area contributed by atoms with Crippen LogP contribution in [0.15, 0.2) is 12.2 Å². The van der Waals surface area contributed by atoms with Gasteiger partial charge in [-0.25, -0.2) is 0 Å². The number of unbranched alkanes of at least 4 members (excludes halogenated alkanes) is 3. The van der Waals surface area contributed by atoms with Crippen molar-refractivity contribution in [3.05, 3.63) is 12.2 Å². The summed E-state index contributed by atoms with van der Waals surface area (Å²) in [4.78, 5) is 0. The Morgan fingerprint density at radius 1 is 1.19 bits per heavy atom. The summed E-state index contributed by atoms with van der Waals surface area (Å²) in [5, 5.41) is 10.5. The summed E-state index contributed by atoms with van der Waals surface area (Å²) in [6.07, 6.45) is 9.11. The highest BCUT2D eigenvalue weighted by molar-refractivity contribution is 6.81. The molecule has 0 aliphatic rings. The predicted octanol–water partition coefficient (Wildman–Crippen LogP) is 4.53. The molecule has 0 amide bonds. The van der Waals surface area contributed by atoms with Crippen LogP contribution in [0, 0.1) is 0 Å². The van der Waals surface area contributed by atoms with E-state index in [0.29, 0.717) is 0 Å². The Bertz CT molecular complexity index is 213. The van der Waals surface area contributed by atoms with E-state index in [1.165, 1.54) is 19.3 Å². The minimum atomic E-state index is -1.61. The minimum Gasteiger partial charge on any atom is -0.393 e. The number of hydrogen-bond donors (Lipinski definition) is 1. The molecule has 0 aliphatic heterocycles. The summed E-state index contributed by atoms with van der Waals surface area (Å²) in [6, 6.07) is 0. The topological polar surface area (TPSA) is 20.2 Å². The van der Waals surface area contributed by atoms with Crippen molar-refractivity contribution >= 4 is 8.07 Å². The van der Waals surface area contributed by atoms with Crippen LogP contribution in [0.3, 0.4) is 0 Å². The van der Waals surface area contributed by atoms with E-state index in [0.717, 1.165) is 6.42 Å². The van der Waals surface area contributed by atoms with E-state index < -0.39 is 8.07 Å². The molecule has 0 saturated heterocycles. The molecule has 96 valence electrons. The van der Waals surface area contributed by atoms with Crippen molar-refractivity contribution in [2.75, 3.05) is 0 Å². The summed E-state index contributed by atoms with van der Waals surface area (Å²) >= 11 is 0. The molecule has 0 spiro atoms. The van der Waals surface area contributed by atoms with Crippen LogP contribution in [-0.2, 0) is 0 Å². The Hall–Kier alpha value is -0.0831. The number of hydrogen-bond acceptors (Lipinski definition) is 1. The van der Waals surface area contributed by atoms with Crippen LogP contribution in [0.2, 0.25) is 18.1 Å². The highest BCUT2D eigenvalue weighted by Gasteiger charge is 2.40. The van der Waals surface area contributed by atoms with E-state index in [4.69, 9.17) is 0 Å². The van der Waals surface area contributed by atoms with Crippen molar-refractivity contribution in [3.63, 3.8) is 0 Å². The average Bonchev–Trinajstić information content (AvgIpc) is 2.15. The van der Waals surface area contributed by atoms with Gasteiger partial charge in [-0.2, -0.15) is 0 Å². The molecule has 0 aromatic carbocycles. The molecule has 1 nitrogen and oxygen atoms in total. The van der Waals surface area contributed by atoms with Gasteiger partial charge in [0.25, 0.3) is 0 Å². The highest BCUT2D eigenvalue weighted by atomic mass is 28.3. The van der Waals surface area contributed by atoms with Gasteiger partial charge in [-0.05, 0) is 17.9 Å². The van der Waals surface area contributed by atoms with E-state index in [-0.39, 0.29) is 10.8 Å². The van der Waals surface area contributed by atoms with Crippen molar-refractivity contribution in [1.82, 2.24) is 0 Å². The molecule has 0 radical (unpaired) electrons. The number of aliphatic hydroxyl groups is 1. The third-order valence-electron chi connectivity index (χ3n) is 3.97. The maximum absolute atomic E-state index is 10.2. The van der Waals surface area contributed by atoms with Gasteiger partial charge < -0.3 is 5.11 Å². The second kappa shape index (κ2) is 6.60. The zero-order valence-corrected chi connectivity index (χ0v) is 13.0.